The Kier molecular flexibility index (Phi) is 3.67. The molecule has 1 heteroatoms. The highest BCUT2D eigenvalue weighted by Crippen LogP contribution is 2.41. The van der Waals surface area contributed by atoms with E-state index in [-0.39, 0.29) is 17.1 Å². The van der Waals surface area contributed by atoms with Gasteiger partial charge in [-0.2, -0.15) is 0 Å². The first-order valence-electron chi connectivity index (χ1n) is 5.48. The van der Waals surface area contributed by atoms with Crippen molar-refractivity contribution in [3.63, 3.8) is 0 Å². The molecule has 0 aromatic rings. The lowest BCUT2D eigenvalue weighted by Crippen LogP contribution is -2.36. The molecule has 0 aromatic carbocycles. The van der Waals surface area contributed by atoms with Crippen LogP contribution in [0.3, 0.4) is 0 Å². The quantitative estimate of drug-likeness (QED) is 0.390. The van der Waals surface area contributed by atoms with Gasteiger partial charge in [0.2, 0.25) is 0 Å². The van der Waals surface area contributed by atoms with E-state index >= 15 is 0 Å². The van der Waals surface area contributed by atoms with E-state index < -0.39 is 0 Å². The number of allylic oxidation sites excluding steroid dienone is 5. The van der Waals surface area contributed by atoms with E-state index in [1.54, 1.807) is 18.2 Å². The van der Waals surface area contributed by atoms with Crippen LogP contribution in [0.5, 0.6) is 0 Å². The summed E-state index contributed by atoms with van der Waals surface area (Å²) in [6, 6.07) is 0. The fourth-order valence-electron chi connectivity index (χ4n) is 2.45. The molecule has 0 aromatic heterocycles. The highest BCUT2D eigenvalue weighted by atomic mass is 16.1. The standard InChI is InChI=1S/C14H20O/c1-5-6-9-12(15)13-11(2)8-7-10-14(13,3)4/h5-9,11,13H,1,10H2,2-4H3/b9-6+. The molecule has 0 spiro atoms. The highest BCUT2D eigenvalue weighted by Gasteiger charge is 2.38. The summed E-state index contributed by atoms with van der Waals surface area (Å²) in [5.74, 6) is 0.645. The molecular weight excluding hydrogens is 184 g/mol. The molecule has 15 heavy (non-hydrogen) atoms. The monoisotopic (exact) mass is 204 g/mol. The van der Waals surface area contributed by atoms with Gasteiger partial charge in [-0.05, 0) is 23.8 Å². The van der Waals surface area contributed by atoms with Crippen molar-refractivity contribution >= 4 is 5.78 Å². The Labute approximate surface area is 92.6 Å². The molecule has 0 aliphatic heterocycles. The van der Waals surface area contributed by atoms with Gasteiger partial charge in [0.25, 0.3) is 0 Å². The average Bonchev–Trinajstić information content (AvgIpc) is 2.13. The van der Waals surface area contributed by atoms with Gasteiger partial charge in [-0.25, -0.2) is 0 Å². The molecule has 0 bridgehead atoms. The van der Waals surface area contributed by atoms with E-state index in [2.05, 4.69) is 39.5 Å². The molecule has 1 rings (SSSR count). The Hall–Kier alpha value is -1.11. The van der Waals surface area contributed by atoms with Gasteiger partial charge in [0.15, 0.2) is 5.78 Å². The first-order chi connectivity index (χ1) is 6.99. The topological polar surface area (TPSA) is 17.1 Å². The lowest BCUT2D eigenvalue weighted by atomic mass is 9.65. The van der Waals surface area contributed by atoms with Gasteiger partial charge in [-0.15, -0.1) is 0 Å². The zero-order valence-electron chi connectivity index (χ0n) is 9.86. The first-order valence-corrected chi connectivity index (χ1v) is 5.48. The van der Waals surface area contributed by atoms with Crippen LogP contribution < -0.4 is 0 Å². The molecule has 82 valence electrons. The highest BCUT2D eigenvalue weighted by molar-refractivity contribution is 5.93. The third-order valence-corrected chi connectivity index (χ3v) is 3.15. The summed E-state index contributed by atoms with van der Waals surface area (Å²) in [6.45, 7) is 10.0. The fraction of sp³-hybridized carbons (Fsp3) is 0.500. The van der Waals surface area contributed by atoms with Crippen molar-refractivity contribution in [1.29, 1.82) is 0 Å². The lowest BCUT2D eigenvalue weighted by Gasteiger charge is -2.38. The van der Waals surface area contributed by atoms with Crippen LogP contribution in [0.1, 0.15) is 27.2 Å². The minimum atomic E-state index is 0.0662. The van der Waals surface area contributed by atoms with Gasteiger partial charge in [-0.3, -0.25) is 4.79 Å². The molecule has 1 aliphatic carbocycles. The molecule has 0 radical (unpaired) electrons. The summed E-state index contributed by atoms with van der Waals surface area (Å²) in [6.07, 6.45) is 10.3. The van der Waals surface area contributed by atoms with Crippen LogP contribution in [-0.2, 0) is 4.79 Å². The van der Waals surface area contributed by atoms with Gasteiger partial charge in [0.05, 0.1) is 0 Å². The molecule has 0 heterocycles. The van der Waals surface area contributed by atoms with E-state index in [1.165, 1.54) is 0 Å². The van der Waals surface area contributed by atoms with E-state index in [0.717, 1.165) is 6.42 Å². The third kappa shape index (κ3) is 2.68. The SMILES string of the molecule is C=C/C=C/C(=O)C1C(C)C=CCC1(C)C. The smallest absolute Gasteiger partial charge is 0.159 e. The van der Waals surface area contributed by atoms with E-state index in [4.69, 9.17) is 0 Å². The molecule has 1 aliphatic rings. The summed E-state index contributed by atoms with van der Waals surface area (Å²) in [5, 5.41) is 0. The van der Waals surface area contributed by atoms with Crippen molar-refractivity contribution in [2.75, 3.05) is 0 Å². The molecular formula is C14H20O. The van der Waals surface area contributed by atoms with Crippen LogP contribution in [0.4, 0.5) is 0 Å². The normalized spacial score (nSPS) is 29.3. The maximum absolute atomic E-state index is 12.0. The first kappa shape index (κ1) is 12.0. The molecule has 0 amide bonds. The third-order valence-electron chi connectivity index (χ3n) is 3.15. The van der Waals surface area contributed by atoms with Crippen molar-refractivity contribution in [3.05, 3.63) is 37.0 Å². The molecule has 0 N–H and O–H groups in total. The van der Waals surface area contributed by atoms with Gasteiger partial charge in [-0.1, -0.05) is 51.7 Å². The van der Waals surface area contributed by atoms with Crippen LogP contribution >= 0.6 is 0 Å². The van der Waals surface area contributed by atoms with Crippen LogP contribution in [0, 0.1) is 17.3 Å². The van der Waals surface area contributed by atoms with E-state index in [9.17, 15) is 4.79 Å². The zero-order chi connectivity index (χ0) is 11.5. The van der Waals surface area contributed by atoms with Crippen molar-refractivity contribution in [2.45, 2.75) is 27.2 Å². The van der Waals surface area contributed by atoms with E-state index in [1.807, 2.05) is 0 Å². The van der Waals surface area contributed by atoms with Crippen LogP contribution in [-0.4, -0.2) is 5.78 Å². The minimum absolute atomic E-state index is 0.0662. The number of hydrogen-bond acceptors (Lipinski definition) is 1. The summed E-state index contributed by atoms with van der Waals surface area (Å²) >= 11 is 0. The molecule has 0 saturated carbocycles. The number of carbonyl (C=O) groups is 1. The van der Waals surface area contributed by atoms with Gasteiger partial charge in [0.1, 0.15) is 0 Å². The second-order valence-corrected chi connectivity index (χ2v) is 4.95. The summed E-state index contributed by atoms with van der Waals surface area (Å²) in [5.41, 5.74) is 0.0662. The molecule has 0 saturated heterocycles. The molecule has 2 unspecified atom stereocenters. The predicted octanol–water partition coefficient (Wildman–Crippen LogP) is 3.54. The Morgan fingerprint density at radius 1 is 1.53 bits per heavy atom. The Balaban J connectivity index is 2.90. The second-order valence-electron chi connectivity index (χ2n) is 4.95. The average molecular weight is 204 g/mol. The van der Waals surface area contributed by atoms with Crippen molar-refractivity contribution in [3.8, 4) is 0 Å². The van der Waals surface area contributed by atoms with Crippen molar-refractivity contribution in [2.24, 2.45) is 17.3 Å². The number of ketones is 1. The Morgan fingerprint density at radius 2 is 2.20 bits per heavy atom. The van der Waals surface area contributed by atoms with Crippen LogP contribution in [0.2, 0.25) is 0 Å². The Bertz CT molecular complexity index is 307. The lowest BCUT2D eigenvalue weighted by molar-refractivity contribution is -0.123. The Morgan fingerprint density at radius 3 is 2.73 bits per heavy atom. The number of carbonyl (C=O) groups excluding carboxylic acids is 1. The fourth-order valence-corrected chi connectivity index (χ4v) is 2.45. The minimum Gasteiger partial charge on any atom is -0.295 e. The number of hydrogen-bond donors (Lipinski definition) is 0. The largest absolute Gasteiger partial charge is 0.295 e. The summed E-state index contributed by atoms with van der Waals surface area (Å²) < 4.78 is 0. The van der Waals surface area contributed by atoms with Crippen molar-refractivity contribution < 1.29 is 4.79 Å². The molecule has 2 atom stereocenters. The van der Waals surface area contributed by atoms with Crippen LogP contribution in [0.15, 0.2) is 37.0 Å². The van der Waals surface area contributed by atoms with Gasteiger partial charge < -0.3 is 0 Å². The second kappa shape index (κ2) is 4.61. The molecule has 0 fully saturated rings. The zero-order valence-corrected chi connectivity index (χ0v) is 9.86. The number of rotatable bonds is 3. The van der Waals surface area contributed by atoms with Crippen LogP contribution in [0.25, 0.3) is 0 Å². The summed E-state index contributed by atoms with van der Waals surface area (Å²) in [7, 11) is 0. The molecule has 1 nitrogen and oxygen atoms in total. The maximum Gasteiger partial charge on any atom is 0.159 e. The van der Waals surface area contributed by atoms with Crippen molar-refractivity contribution in [1.82, 2.24) is 0 Å². The summed E-state index contributed by atoms with van der Waals surface area (Å²) in [4.78, 5) is 12.0. The van der Waals surface area contributed by atoms with Gasteiger partial charge >= 0.3 is 0 Å². The van der Waals surface area contributed by atoms with E-state index in [0.29, 0.717) is 5.92 Å². The van der Waals surface area contributed by atoms with Gasteiger partial charge in [0, 0.05) is 5.92 Å². The maximum atomic E-state index is 12.0. The predicted molar refractivity (Wildman–Crippen MR) is 64.5 cm³/mol.